The normalized spacial score (nSPS) is 10.0. The van der Waals surface area contributed by atoms with Crippen LogP contribution in [0.25, 0.3) is 0 Å². The molecule has 0 amide bonds. The second-order valence-electron chi connectivity index (χ2n) is 0.752. The van der Waals surface area contributed by atoms with Gasteiger partial charge in [0, 0.05) is 0 Å². The quantitative estimate of drug-likeness (QED) is 0.419. The van der Waals surface area contributed by atoms with Crippen LogP contribution in [0.15, 0.2) is 12.2 Å². The van der Waals surface area contributed by atoms with Crippen LogP contribution in [0.3, 0.4) is 0 Å². The van der Waals surface area contributed by atoms with Gasteiger partial charge in [-0.25, -0.2) is 0 Å². The molecular weight excluding hydrogens is 176 g/mol. The van der Waals surface area contributed by atoms with Gasteiger partial charge >= 0.3 is 45.8 Å². The van der Waals surface area contributed by atoms with E-state index in [9.17, 15) is 0 Å². The van der Waals surface area contributed by atoms with Crippen molar-refractivity contribution in [2.45, 2.75) is 11.4 Å². The molecule has 0 nitrogen and oxygen atoms in total. The molecule has 0 bridgehead atoms. The van der Waals surface area contributed by atoms with Crippen molar-refractivity contribution < 1.29 is 0 Å². The molecule has 5 heavy (non-hydrogen) atoms. The summed E-state index contributed by atoms with van der Waals surface area (Å²) in [6.45, 7) is 2.04. The van der Waals surface area contributed by atoms with Crippen LogP contribution in [0.4, 0.5) is 0 Å². The summed E-state index contributed by atoms with van der Waals surface area (Å²) in [7, 11) is 0. The topological polar surface area (TPSA) is 0 Å². The summed E-state index contributed by atoms with van der Waals surface area (Å²) in [6.07, 6.45) is 4.22. The van der Waals surface area contributed by atoms with Crippen LogP contribution in [-0.4, -0.2) is 22.3 Å². The molecule has 0 aliphatic heterocycles. The molecule has 0 aromatic rings. The van der Waals surface area contributed by atoms with Gasteiger partial charge in [-0.2, -0.15) is 0 Å². The molecule has 0 N–H and O–H groups in total. The number of allylic oxidation sites excluding steroid dienone is 2. The summed E-state index contributed by atoms with van der Waals surface area (Å²) in [4.78, 5) is 0. The van der Waals surface area contributed by atoms with Gasteiger partial charge in [0.25, 0.3) is 0 Å². The van der Waals surface area contributed by atoms with Gasteiger partial charge in [0.1, 0.15) is 0 Å². The zero-order chi connectivity index (χ0) is 4.12. The molecule has 0 atom stereocenters. The Labute approximate surface area is 46.2 Å². The SMILES string of the molecule is C/C=C\C[TeH]. The number of hydrogen-bond donors (Lipinski definition) is 0. The van der Waals surface area contributed by atoms with Crippen molar-refractivity contribution in [3.05, 3.63) is 12.2 Å². The molecule has 0 unspecified atom stereocenters. The molecule has 0 saturated heterocycles. The van der Waals surface area contributed by atoms with Crippen LogP contribution in [-0.2, 0) is 0 Å². The van der Waals surface area contributed by atoms with E-state index in [0.29, 0.717) is 0 Å². The Balaban J connectivity index is 2.62. The molecule has 30 valence electrons. The Morgan fingerprint density at radius 2 is 2.40 bits per heavy atom. The van der Waals surface area contributed by atoms with Crippen molar-refractivity contribution in [3.63, 3.8) is 0 Å². The van der Waals surface area contributed by atoms with Crippen LogP contribution >= 0.6 is 0 Å². The molecule has 0 heterocycles. The predicted molar refractivity (Wildman–Crippen MR) is 26.8 cm³/mol. The summed E-state index contributed by atoms with van der Waals surface area (Å²) in [6, 6.07) is 0. The Hall–Kier alpha value is 0.530. The minimum atomic E-state index is 1.21. The Bertz CT molecular complexity index is 30.6. The Morgan fingerprint density at radius 1 is 1.80 bits per heavy atom. The fraction of sp³-hybridized carbons (Fsp3) is 0.500. The van der Waals surface area contributed by atoms with E-state index in [1.54, 1.807) is 0 Å². The van der Waals surface area contributed by atoms with E-state index in [2.05, 4.69) is 12.2 Å². The number of hydrogen-bond acceptors (Lipinski definition) is 0. The van der Waals surface area contributed by atoms with E-state index < -0.39 is 0 Å². The second-order valence-corrected chi connectivity index (χ2v) is 1.79. The van der Waals surface area contributed by atoms with E-state index in [-0.39, 0.29) is 0 Å². The van der Waals surface area contributed by atoms with Gasteiger partial charge in [-0.1, -0.05) is 0 Å². The summed E-state index contributed by atoms with van der Waals surface area (Å²) < 4.78 is 1.21. The van der Waals surface area contributed by atoms with Crippen molar-refractivity contribution >= 4 is 22.3 Å². The molecule has 0 saturated carbocycles. The van der Waals surface area contributed by atoms with Gasteiger partial charge < -0.3 is 0 Å². The van der Waals surface area contributed by atoms with E-state index in [1.807, 2.05) is 29.2 Å². The van der Waals surface area contributed by atoms with Crippen molar-refractivity contribution in [3.8, 4) is 0 Å². The van der Waals surface area contributed by atoms with Gasteiger partial charge in [-0.15, -0.1) is 0 Å². The van der Waals surface area contributed by atoms with Gasteiger partial charge in [0.15, 0.2) is 0 Å². The summed E-state index contributed by atoms with van der Waals surface area (Å²) >= 11 is 1.83. The van der Waals surface area contributed by atoms with Crippen LogP contribution in [0.1, 0.15) is 6.92 Å². The molecule has 1 heteroatoms. The average molecular weight is 184 g/mol. The first-order valence-electron chi connectivity index (χ1n) is 1.64. The predicted octanol–water partition coefficient (Wildman–Crippen LogP) is 0.882. The Morgan fingerprint density at radius 3 is 2.40 bits per heavy atom. The monoisotopic (exact) mass is 186 g/mol. The van der Waals surface area contributed by atoms with Gasteiger partial charge in [-0.05, 0) is 0 Å². The summed E-state index contributed by atoms with van der Waals surface area (Å²) in [5, 5.41) is 0. The van der Waals surface area contributed by atoms with Crippen molar-refractivity contribution in [1.82, 2.24) is 0 Å². The number of rotatable bonds is 1. The molecule has 0 radical (unpaired) electrons. The van der Waals surface area contributed by atoms with E-state index >= 15 is 0 Å². The van der Waals surface area contributed by atoms with E-state index in [4.69, 9.17) is 0 Å². The second kappa shape index (κ2) is 4.53. The van der Waals surface area contributed by atoms with Crippen molar-refractivity contribution in [1.29, 1.82) is 0 Å². The van der Waals surface area contributed by atoms with Crippen molar-refractivity contribution in [2.24, 2.45) is 0 Å². The zero-order valence-electron chi connectivity index (χ0n) is 3.31. The molecule has 0 spiro atoms. The fourth-order valence-electron chi connectivity index (χ4n) is 0.105. The first kappa shape index (κ1) is 5.53. The summed E-state index contributed by atoms with van der Waals surface area (Å²) in [5.41, 5.74) is 0. The molecular formula is C4H8Te. The molecule has 0 aromatic carbocycles. The molecule has 0 fully saturated rings. The zero-order valence-corrected chi connectivity index (χ0v) is 5.86. The fourth-order valence-corrected chi connectivity index (χ4v) is 0.707. The van der Waals surface area contributed by atoms with E-state index in [1.165, 1.54) is 4.47 Å². The third-order valence-corrected chi connectivity index (χ3v) is 0.943. The molecule has 0 aliphatic carbocycles. The molecule has 0 aromatic heterocycles. The third kappa shape index (κ3) is 4.53. The van der Waals surface area contributed by atoms with Crippen LogP contribution in [0.2, 0.25) is 4.47 Å². The van der Waals surface area contributed by atoms with Crippen LogP contribution < -0.4 is 0 Å². The van der Waals surface area contributed by atoms with Crippen molar-refractivity contribution in [2.75, 3.05) is 0 Å². The first-order valence-corrected chi connectivity index (χ1v) is 3.44. The Kier molecular flexibility index (Phi) is 5.01. The molecule has 0 rings (SSSR count). The van der Waals surface area contributed by atoms with Gasteiger partial charge in [0.05, 0.1) is 0 Å². The van der Waals surface area contributed by atoms with Gasteiger partial charge in [-0.3, -0.25) is 0 Å². The standard InChI is InChI=1S/C4H8Te/c1-2-3-4-5/h2-3,5H,4H2,1H3/b3-2-. The average Bonchev–Trinajstić information content (AvgIpc) is 1.41. The molecule has 0 aliphatic rings. The maximum atomic E-state index is 2.15. The summed E-state index contributed by atoms with van der Waals surface area (Å²) in [5.74, 6) is 0. The van der Waals surface area contributed by atoms with Crippen LogP contribution in [0.5, 0.6) is 0 Å². The third-order valence-electron chi connectivity index (χ3n) is 0.341. The minimum absolute atomic E-state index is 1.21. The van der Waals surface area contributed by atoms with E-state index in [0.717, 1.165) is 0 Å². The van der Waals surface area contributed by atoms with Gasteiger partial charge in [0.2, 0.25) is 0 Å². The maximum absolute atomic E-state index is 2.15. The first-order chi connectivity index (χ1) is 2.41. The van der Waals surface area contributed by atoms with Crippen LogP contribution in [0, 0.1) is 0 Å².